The van der Waals surface area contributed by atoms with Crippen molar-refractivity contribution in [3.8, 4) is 0 Å². The summed E-state index contributed by atoms with van der Waals surface area (Å²) in [7, 11) is 1.96. The largest absolute Gasteiger partial charge is 0.397 e. The van der Waals surface area contributed by atoms with Crippen LogP contribution >= 0.6 is 0 Å². The van der Waals surface area contributed by atoms with Crippen LogP contribution in [0.4, 0.5) is 11.5 Å². The molecule has 2 heterocycles. The van der Waals surface area contributed by atoms with E-state index >= 15 is 0 Å². The summed E-state index contributed by atoms with van der Waals surface area (Å²) in [5, 5.41) is 0. The van der Waals surface area contributed by atoms with Crippen molar-refractivity contribution in [3.63, 3.8) is 0 Å². The summed E-state index contributed by atoms with van der Waals surface area (Å²) in [6, 6.07) is 1.65. The first kappa shape index (κ1) is 13.6. The third-order valence-electron chi connectivity index (χ3n) is 3.53. The lowest BCUT2D eigenvalue weighted by Gasteiger charge is -2.22. The van der Waals surface area contributed by atoms with Gasteiger partial charge in [-0.05, 0) is 32.0 Å². The van der Waals surface area contributed by atoms with Gasteiger partial charge in [0.2, 0.25) is 0 Å². The number of pyridine rings is 1. The molecule has 0 radical (unpaired) electrons. The highest BCUT2D eigenvalue weighted by Crippen LogP contribution is 2.17. The molecule has 0 bridgehead atoms. The molecular formula is C13H21N5O. The maximum atomic E-state index is 11.3. The summed E-state index contributed by atoms with van der Waals surface area (Å²) in [4.78, 5) is 19.9. The number of hydrogen-bond acceptors (Lipinski definition) is 5. The van der Waals surface area contributed by atoms with Gasteiger partial charge >= 0.3 is 0 Å². The predicted octanol–water partition coefficient (Wildman–Crippen LogP) is 0.295. The van der Waals surface area contributed by atoms with Gasteiger partial charge in [-0.2, -0.15) is 0 Å². The van der Waals surface area contributed by atoms with Crippen molar-refractivity contribution < 1.29 is 4.79 Å². The number of rotatable bonds is 5. The normalized spacial score (nSPS) is 15.6. The minimum absolute atomic E-state index is 0.323. The monoisotopic (exact) mass is 263 g/mol. The fourth-order valence-electron chi connectivity index (χ4n) is 2.29. The van der Waals surface area contributed by atoms with Crippen LogP contribution < -0.4 is 16.4 Å². The molecule has 1 aliphatic rings. The fraction of sp³-hybridized carbons (Fsp3) is 0.538. The molecule has 0 spiro atoms. The Kier molecular flexibility index (Phi) is 4.21. The smallest absolute Gasteiger partial charge is 0.250 e. The van der Waals surface area contributed by atoms with Crippen LogP contribution in [0.25, 0.3) is 0 Å². The SMILES string of the molecule is CN(CCN1CCCC1)c1cc(C(N)=O)c(N)cn1. The third kappa shape index (κ3) is 3.35. The van der Waals surface area contributed by atoms with Crippen molar-refractivity contribution in [3.05, 3.63) is 17.8 Å². The van der Waals surface area contributed by atoms with Gasteiger partial charge in [0.15, 0.2) is 0 Å². The van der Waals surface area contributed by atoms with Crippen molar-refractivity contribution in [1.29, 1.82) is 0 Å². The van der Waals surface area contributed by atoms with Gasteiger partial charge in [0.25, 0.3) is 5.91 Å². The molecule has 0 unspecified atom stereocenters. The number of amides is 1. The number of likely N-dealkylation sites (N-methyl/N-ethyl adjacent to an activating group) is 1. The van der Waals surface area contributed by atoms with E-state index in [0.29, 0.717) is 11.3 Å². The number of hydrogen-bond donors (Lipinski definition) is 2. The molecule has 1 fully saturated rings. The van der Waals surface area contributed by atoms with E-state index in [4.69, 9.17) is 11.5 Å². The molecule has 2 rings (SSSR count). The molecule has 19 heavy (non-hydrogen) atoms. The molecule has 1 aromatic rings. The summed E-state index contributed by atoms with van der Waals surface area (Å²) >= 11 is 0. The lowest BCUT2D eigenvalue weighted by Crippen LogP contribution is -2.32. The Morgan fingerprint density at radius 2 is 2.16 bits per heavy atom. The molecule has 0 atom stereocenters. The molecule has 6 heteroatoms. The Balaban J connectivity index is 1.99. The molecule has 6 nitrogen and oxygen atoms in total. The maximum Gasteiger partial charge on any atom is 0.250 e. The van der Waals surface area contributed by atoms with Gasteiger partial charge in [-0.25, -0.2) is 4.98 Å². The zero-order valence-electron chi connectivity index (χ0n) is 11.3. The van der Waals surface area contributed by atoms with Crippen LogP contribution in [0.1, 0.15) is 23.2 Å². The number of carbonyl (C=O) groups is 1. The Morgan fingerprint density at radius 1 is 1.47 bits per heavy atom. The van der Waals surface area contributed by atoms with Gasteiger partial charge in [-0.1, -0.05) is 0 Å². The fourth-order valence-corrected chi connectivity index (χ4v) is 2.29. The number of aromatic nitrogens is 1. The first-order valence-corrected chi connectivity index (χ1v) is 6.57. The number of likely N-dealkylation sites (tertiary alicyclic amines) is 1. The van der Waals surface area contributed by atoms with E-state index in [0.717, 1.165) is 18.9 Å². The van der Waals surface area contributed by atoms with E-state index in [9.17, 15) is 4.79 Å². The topological polar surface area (TPSA) is 88.5 Å². The van der Waals surface area contributed by atoms with E-state index in [1.165, 1.54) is 32.1 Å². The van der Waals surface area contributed by atoms with E-state index < -0.39 is 5.91 Å². The molecule has 1 saturated heterocycles. The van der Waals surface area contributed by atoms with Crippen LogP contribution in [0.3, 0.4) is 0 Å². The first-order chi connectivity index (χ1) is 9.08. The highest BCUT2D eigenvalue weighted by Gasteiger charge is 2.14. The second kappa shape index (κ2) is 5.88. The molecule has 0 aromatic carbocycles. The lowest BCUT2D eigenvalue weighted by atomic mass is 10.2. The van der Waals surface area contributed by atoms with E-state index in [-0.39, 0.29) is 0 Å². The van der Waals surface area contributed by atoms with Gasteiger partial charge in [0.1, 0.15) is 5.82 Å². The molecular weight excluding hydrogens is 242 g/mol. The number of nitrogen functional groups attached to an aromatic ring is 1. The predicted molar refractivity (Wildman–Crippen MR) is 76.1 cm³/mol. The Labute approximate surface area is 113 Å². The Hall–Kier alpha value is -1.82. The van der Waals surface area contributed by atoms with Gasteiger partial charge < -0.3 is 21.3 Å². The Bertz CT molecular complexity index is 456. The zero-order valence-corrected chi connectivity index (χ0v) is 11.3. The van der Waals surface area contributed by atoms with Crippen LogP contribution in [0.2, 0.25) is 0 Å². The van der Waals surface area contributed by atoms with Crippen molar-refractivity contribution in [2.24, 2.45) is 5.73 Å². The zero-order chi connectivity index (χ0) is 13.8. The van der Waals surface area contributed by atoms with Gasteiger partial charge in [-0.15, -0.1) is 0 Å². The molecule has 4 N–H and O–H groups in total. The van der Waals surface area contributed by atoms with E-state index in [1.54, 1.807) is 6.07 Å². The van der Waals surface area contributed by atoms with E-state index in [1.807, 2.05) is 11.9 Å². The van der Waals surface area contributed by atoms with E-state index in [2.05, 4.69) is 9.88 Å². The van der Waals surface area contributed by atoms with Crippen LogP contribution in [0, 0.1) is 0 Å². The molecule has 104 valence electrons. The molecule has 1 aromatic heterocycles. The van der Waals surface area contributed by atoms with Crippen molar-refractivity contribution >= 4 is 17.4 Å². The summed E-state index contributed by atoms with van der Waals surface area (Å²) in [6.45, 7) is 4.23. The standard InChI is InChI=1S/C13H21N5O/c1-17(6-7-18-4-2-3-5-18)12-8-10(13(15)19)11(14)9-16-12/h8-9H,2-7,14H2,1H3,(H2,15,19). The number of anilines is 2. The number of nitrogens with zero attached hydrogens (tertiary/aromatic N) is 3. The number of nitrogens with two attached hydrogens (primary N) is 2. The molecule has 0 saturated carbocycles. The minimum atomic E-state index is -0.519. The highest BCUT2D eigenvalue weighted by atomic mass is 16.1. The lowest BCUT2D eigenvalue weighted by molar-refractivity contribution is 0.100. The summed E-state index contributed by atoms with van der Waals surface area (Å²) < 4.78 is 0. The third-order valence-corrected chi connectivity index (χ3v) is 3.53. The van der Waals surface area contributed by atoms with Crippen molar-refractivity contribution in [2.75, 3.05) is 43.9 Å². The summed E-state index contributed by atoms with van der Waals surface area (Å²) in [5.74, 6) is 0.205. The van der Waals surface area contributed by atoms with Gasteiger partial charge in [0, 0.05) is 20.1 Å². The van der Waals surface area contributed by atoms with Gasteiger partial charge in [-0.3, -0.25) is 4.79 Å². The maximum absolute atomic E-state index is 11.3. The van der Waals surface area contributed by atoms with Gasteiger partial charge in [0.05, 0.1) is 17.4 Å². The van der Waals surface area contributed by atoms with Crippen LogP contribution in [0.5, 0.6) is 0 Å². The minimum Gasteiger partial charge on any atom is -0.397 e. The van der Waals surface area contributed by atoms with Crippen LogP contribution in [-0.4, -0.2) is 49.0 Å². The number of carbonyl (C=O) groups excluding carboxylic acids is 1. The quantitative estimate of drug-likeness (QED) is 0.797. The summed E-state index contributed by atoms with van der Waals surface area (Å²) in [5.41, 5.74) is 11.6. The number of primary amides is 1. The molecule has 1 aliphatic heterocycles. The Morgan fingerprint density at radius 3 is 2.79 bits per heavy atom. The molecule has 0 aliphatic carbocycles. The summed E-state index contributed by atoms with van der Waals surface area (Å²) in [6.07, 6.45) is 4.06. The van der Waals surface area contributed by atoms with Crippen molar-refractivity contribution in [1.82, 2.24) is 9.88 Å². The highest BCUT2D eigenvalue weighted by molar-refractivity contribution is 5.98. The molecule has 1 amide bonds. The average Bonchev–Trinajstić information content (AvgIpc) is 2.89. The van der Waals surface area contributed by atoms with Crippen LogP contribution in [-0.2, 0) is 0 Å². The first-order valence-electron chi connectivity index (χ1n) is 6.57. The van der Waals surface area contributed by atoms with Crippen molar-refractivity contribution in [2.45, 2.75) is 12.8 Å². The second-order valence-corrected chi connectivity index (χ2v) is 4.96. The average molecular weight is 263 g/mol. The van der Waals surface area contributed by atoms with Crippen LogP contribution in [0.15, 0.2) is 12.3 Å². The second-order valence-electron chi connectivity index (χ2n) is 4.96.